The summed E-state index contributed by atoms with van der Waals surface area (Å²) in [6.07, 6.45) is 1.72. The van der Waals surface area contributed by atoms with Crippen molar-refractivity contribution < 1.29 is 14.3 Å². The van der Waals surface area contributed by atoms with Crippen LogP contribution in [0.2, 0.25) is 0 Å². The first kappa shape index (κ1) is 15.3. The zero-order valence-corrected chi connectivity index (χ0v) is 13.5. The van der Waals surface area contributed by atoms with Crippen LogP contribution in [0, 0.1) is 5.92 Å². The molecule has 0 spiro atoms. The number of likely N-dealkylation sites (tertiary alicyclic amines) is 1. The van der Waals surface area contributed by atoms with Crippen LogP contribution in [0.5, 0.6) is 5.75 Å². The maximum Gasteiger partial charge on any atom is 0.308 e. The van der Waals surface area contributed by atoms with Crippen molar-refractivity contribution in [2.45, 2.75) is 19.4 Å². The number of hydrogen-bond donors (Lipinski definition) is 0. The highest BCUT2D eigenvalue weighted by atomic mass is 79.9. The van der Waals surface area contributed by atoms with E-state index in [4.69, 9.17) is 9.47 Å². The Balaban J connectivity index is 1.98. The first-order valence-electron chi connectivity index (χ1n) is 6.77. The molecule has 0 amide bonds. The molecule has 1 aliphatic rings. The van der Waals surface area contributed by atoms with Gasteiger partial charge < -0.3 is 9.47 Å². The molecule has 0 N–H and O–H groups in total. The predicted octanol–water partition coefficient (Wildman–Crippen LogP) is 2.84. The summed E-state index contributed by atoms with van der Waals surface area (Å²) in [5.41, 5.74) is 1.16. The molecule has 20 heavy (non-hydrogen) atoms. The van der Waals surface area contributed by atoms with Crippen LogP contribution in [0.25, 0.3) is 0 Å². The second-order valence-corrected chi connectivity index (χ2v) is 5.85. The molecular weight excluding hydrogens is 322 g/mol. The van der Waals surface area contributed by atoms with E-state index < -0.39 is 0 Å². The van der Waals surface area contributed by atoms with Crippen LogP contribution in [0.1, 0.15) is 18.4 Å². The number of nitrogens with zero attached hydrogens (tertiary/aromatic N) is 1. The Morgan fingerprint density at radius 2 is 2.05 bits per heavy atom. The lowest BCUT2D eigenvalue weighted by atomic mass is 9.96. The monoisotopic (exact) mass is 341 g/mol. The lowest BCUT2D eigenvalue weighted by Crippen LogP contribution is -2.36. The third-order valence-corrected chi connectivity index (χ3v) is 4.54. The van der Waals surface area contributed by atoms with Gasteiger partial charge in [-0.2, -0.15) is 0 Å². The largest absolute Gasteiger partial charge is 0.496 e. The molecule has 0 aliphatic carbocycles. The van der Waals surface area contributed by atoms with E-state index in [1.807, 2.05) is 18.2 Å². The van der Waals surface area contributed by atoms with Crippen molar-refractivity contribution in [3.05, 3.63) is 28.2 Å². The van der Waals surface area contributed by atoms with Crippen molar-refractivity contribution in [1.29, 1.82) is 0 Å². The van der Waals surface area contributed by atoms with Crippen LogP contribution in [-0.2, 0) is 16.1 Å². The molecule has 5 heteroatoms. The van der Waals surface area contributed by atoms with E-state index in [1.54, 1.807) is 7.11 Å². The third kappa shape index (κ3) is 3.52. The van der Waals surface area contributed by atoms with Gasteiger partial charge in [-0.3, -0.25) is 9.69 Å². The molecular formula is C15H20BrNO3. The summed E-state index contributed by atoms with van der Waals surface area (Å²) in [6, 6.07) is 5.97. The molecule has 0 atom stereocenters. The van der Waals surface area contributed by atoms with Crippen LogP contribution in [0.3, 0.4) is 0 Å². The summed E-state index contributed by atoms with van der Waals surface area (Å²) in [7, 11) is 3.15. The van der Waals surface area contributed by atoms with Crippen LogP contribution >= 0.6 is 15.9 Å². The molecule has 1 heterocycles. The number of carbonyl (C=O) groups is 1. The molecule has 0 aromatic heterocycles. The Morgan fingerprint density at radius 3 is 2.65 bits per heavy atom. The molecule has 0 saturated carbocycles. The van der Waals surface area contributed by atoms with Gasteiger partial charge in [-0.25, -0.2) is 0 Å². The molecule has 1 aliphatic heterocycles. The number of halogens is 1. The number of esters is 1. The number of hydrogen-bond acceptors (Lipinski definition) is 4. The minimum Gasteiger partial charge on any atom is -0.496 e. The van der Waals surface area contributed by atoms with E-state index in [0.717, 1.165) is 48.3 Å². The first-order chi connectivity index (χ1) is 9.65. The highest BCUT2D eigenvalue weighted by molar-refractivity contribution is 9.10. The van der Waals surface area contributed by atoms with Crippen LogP contribution in [-0.4, -0.2) is 38.2 Å². The number of rotatable bonds is 4. The lowest BCUT2D eigenvalue weighted by Gasteiger charge is -2.31. The van der Waals surface area contributed by atoms with Crippen molar-refractivity contribution in [3.63, 3.8) is 0 Å². The summed E-state index contributed by atoms with van der Waals surface area (Å²) >= 11 is 3.58. The molecule has 110 valence electrons. The van der Waals surface area contributed by atoms with E-state index >= 15 is 0 Å². The van der Waals surface area contributed by atoms with Gasteiger partial charge in [0.1, 0.15) is 5.75 Å². The molecule has 0 radical (unpaired) electrons. The van der Waals surface area contributed by atoms with E-state index in [9.17, 15) is 4.79 Å². The minimum absolute atomic E-state index is 0.0531. The Hall–Kier alpha value is -1.07. The quantitative estimate of drug-likeness (QED) is 0.789. The van der Waals surface area contributed by atoms with Crippen molar-refractivity contribution in [2.24, 2.45) is 5.92 Å². The average molecular weight is 342 g/mol. The molecule has 1 aromatic rings. The Bertz CT molecular complexity index is 470. The van der Waals surface area contributed by atoms with Gasteiger partial charge in [-0.05, 0) is 38.1 Å². The molecule has 1 fully saturated rings. The predicted molar refractivity (Wildman–Crippen MR) is 80.7 cm³/mol. The Morgan fingerprint density at radius 1 is 1.35 bits per heavy atom. The topological polar surface area (TPSA) is 38.8 Å². The number of methoxy groups -OCH3 is 2. The lowest BCUT2D eigenvalue weighted by molar-refractivity contribution is -0.147. The molecule has 0 unspecified atom stereocenters. The normalized spacial score (nSPS) is 16.9. The van der Waals surface area contributed by atoms with Crippen LogP contribution < -0.4 is 4.74 Å². The smallest absolute Gasteiger partial charge is 0.308 e. The summed E-state index contributed by atoms with van der Waals surface area (Å²) in [5.74, 6) is 0.870. The maximum absolute atomic E-state index is 11.5. The standard InChI is InChI=1S/C15H20BrNO3/c1-19-14-5-3-4-13(16)12(14)10-17-8-6-11(7-9-17)15(18)20-2/h3-5,11H,6-10H2,1-2H3. The van der Waals surface area contributed by atoms with E-state index in [2.05, 4.69) is 20.8 Å². The van der Waals surface area contributed by atoms with Crippen molar-refractivity contribution in [2.75, 3.05) is 27.3 Å². The van der Waals surface area contributed by atoms with Gasteiger partial charge in [0.25, 0.3) is 0 Å². The summed E-state index contributed by atoms with van der Waals surface area (Å²) in [4.78, 5) is 13.9. The second-order valence-electron chi connectivity index (χ2n) is 4.99. The Kier molecular flexibility index (Phi) is 5.43. The van der Waals surface area contributed by atoms with Gasteiger partial charge in [0, 0.05) is 16.6 Å². The number of benzene rings is 1. The zero-order chi connectivity index (χ0) is 14.5. The molecule has 0 bridgehead atoms. The zero-order valence-electron chi connectivity index (χ0n) is 11.9. The molecule has 1 saturated heterocycles. The summed E-state index contributed by atoms with van der Waals surface area (Å²) in [5, 5.41) is 0. The van der Waals surface area contributed by atoms with Crippen molar-refractivity contribution in [3.8, 4) is 5.75 Å². The van der Waals surface area contributed by atoms with Crippen LogP contribution in [0.15, 0.2) is 22.7 Å². The molecule has 2 rings (SSSR count). The van der Waals surface area contributed by atoms with Gasteiger partial charge in [-0.1, -0.05) is 22.0 Å². The fourth-order valence-electron chi connectivity index (χ4n) is 2.60. The van der Waals surface area contributed by atoms with Gasteiger partial charge in [0.15, 0.2) is 0 Å². The van der Waals surface area contributed by atoms with E-state index in [0.29, 0.717) is 0 Å². The highest BCUT2D eigenvalue weighted by Gasteiger charge is 2.26. The van der Waals surface area contributed by atoms with Gasteiger partial charge in [0.05, 0.1) is 20.1 Å². The summed E-state index contributed by atoms with van der Waals surface area (Å²) < 4.78 is 11.3. The second kappa shape index (κ2) is 7.09. The van der Waals surface area contributed by atoms with E-state index in [-0.39, 0.29) is 11.9 Å². The number of piperidine rings is 1. The third-order valence-electron chi connectivity index (χ3n) is 3.80. The van der Waals surface area contributed by atoms with Crippen LogP contribution in [0.4, 0.5) is 0 Å². The fraction of sp³-hybridized carbons (Fsp3) is 0.533. The Labute approximate surface area is 128 Å². The van der Waals surface area contributed by atoms with Gasteiger partial charge >= 0.3 is 5.97 Å². The highest BCUT2D eigenvalue weighted by Crippen LogP contribution is 2.29. The van der Waals surface area contributed by atoms with Crippen molar-refractivity contribution >= 4 is 21.9 Å². The fourth-order valence-corrected chi connectivity index (χ4v) is 3.07. The minimum atomic E-state index is -0.0804. The van der Waals surface area contributed by atoms with Gasteiger partial charge in [-0.15, -0.1) is 0 Å². The number of carbonyl (C=O) groups excluding carboxylic acids is 1. The molecule has 1 aromatic carbocycles. The number of ether oxygens (including phenoxy) is 2. The maximum atomic E-state index is 11.5. The van der Waals surface area contributed by atoms with E-state index in [1.165, 1.54) is 7.11 Å². The molecule has 4 nitrogen and oxygen atoms in total. The first-order valence-corrected chi connectivity index (χ1v) is 7.56. The van der Waals surface area contributed by atoms with Crippen molar-refractivity contribution in [1.82, 2.24) is 4.90 Å². The van der Waals surface area contributed by atoms with Gasteiger partial charge in [0.2, 0.25) is 0 Å². The average Bonchev–Trinajstić information content (AvgIpc) is 2.49. The SMILES string of the molecule is COC(=O)C1CCN(Cc2c(Br)cccc2OC)CC1. The summed E-state index contributed by atoms with van der Waals surface area (Å²) in [6.45, 7) is 2.65.